The van der Waals surface area contributed by atoms with E-state index >= 15 is 0 Å². The number of thiazole rings is 1. The Bertz CT molecular complexity index is 322. The van der Waals surface area contributed by atoms with Crippen molar-refractivity contribution in [3.63, 3.8) is 0 Å². The number of nitrogens with two attached hydrogens (primary N) is 1. The van der Waals surface area contributed by atoms with Crippen LogP contribution in [-0.2, 0) is 0 Å². The lowest BCUT2D eigenvalue weighted by Crippen LogP contribution is -2.13. The molecule has 1 aromatic heterocycles. The first-order valence-corrected chi connectivity index (χ1v) is 5.33. The second-order valence-corrected chi connectivity index (χ2v) is 4.50. The van der Waals surface area contributed by atoms with Crippen LogP contribution in [0.2, 0.25) is 0 Å². The summed E-state index contributed by atoms with van der Waals surface area (Å²) in [6.07, 6.45) is 0.826. The van der Waals surface area contributed by atoms with Crippen LogP contribution >= 0.6 is 11.3 Å². The Morgan fingerprint density at radius 3 is 2.79 bits per heavy atom. The first kappa shape index (κ1) is 11.1. The van der Waals surface area contributed by atoms with E-state index in [2.05, 4.69) is 18.8 Å². The van der Waals surface area contributed by atoms with Crippen LogP contribution in [0, 0.1) is 5.92 Å². The summed E-state index contributed by atoms with van der Waals surface area (Å²) in [4.78, 5) is 14.5. The third-order valence-corrected chi connectivity index (χ3v) is 2.76. The second kappa shape index (κ2) is 4.52. The van der Waals surface area contributed by atoms with E-state index in [1.54, 1.807) is 0 Å². The molecule has 1 aromatic rings. The molecule has 5 heteroatoms. The van der Waals surface area contributed by atoms with Crippen LogP contribution in [0.25, 0.3) is 0 Å². The van der Waals surface area contributed by atoms with Gasteiger partial charge in [0.05, 0.1) is 6.04 Å². The summed E-state index contributed by atoms with van der Waals surface area (Å²) in [5, 5.41) is 10.9. The van der Waals surface area contributed by atoms with Crippen molar-refractivity contribution in [2.45, 2.75) is 26.3 Å². The number of carbonyl (C=O) groups is 1. The van der Waals surface area contributed by atoms with Crippen LogP contribution in [0.15, 0.2) is 5.38 Å². The number of carboxylic acids is 1. The number of hydrogen-bond donors (Lipinski definition) is 2. The third kappa shape index (κ3) is 2.78. The standard InChI is InChI=1S/C9H14N2O2S/c1-5(2)3-6(10)8-11-7(4-14-8)9(12)13/h4-6H,3,10H2,1-2H3,(H,12,13)/t6-/m0/s1. The summed E-state index contributed by atoms with van der Waals surface area (Å²) in [6.45, 7) is 4.15. The maximum absolute atomic E-state index is 10.6. The molecule has 0 saturated heterocycles. The summed E-state index contributed by atoms with van der Waals surface area (Å²) in [5.41, 5.74) is 5.95. The summed E-state index contributed by atoms with van der Waals surface area (Å²) < 4.78 is 0. The quantitative estimate of drug-likeness (QED) is 0.802. The average molecular weight is 214 g/mol. The average Bonchev–Trinajstić information content (AvgIpc) is 2.50. The number of hydrogen-bond acceptors (Lipinski definition) is 4. The zero-order valence-corrected chi connectivity index (χ0v) is 9.04. The van der Waals surface area contributed by atoms with E-state index < -0.39 is 5.97 Å². The van der Waals surface area contributed by atoms with Crippen molar-refractivity contribution in [2.24, 2.45) is 11.7 Å². The molecule has 0 aliphatic rings. The van der Waals surface area contributed by atoms with Gasteiger partial charge in [0.25, 0.3) is 0 Å². The fourth-order valence-corrected chi connectivity index (χ4v) is 1.97. The molecule has 3 N–H and O–H groups in total. The Kier molecular flexibility index (Phi) is 3.60. The van der Waals surface area contributed by atoms with E-state index in [4.69, 9.17) is 10.8 Å². The predicted octanol–water partition coefficient (Wildman–Crippen LogP) is 1.89. The van der Waals surface area contributed by atoms with Crippen LogP contribution < -0.4 is 5.73 Å². The molecule has 4 nitrogen and oxygen atoms in total. The van der Waals surface area contributed by atoms with Gasteiger partial charge < -0.3 is 10.8 Å². The Balaban J connectivity index is 2.71. The molecule has 1 atom stereocenters. The van der Waals surface area contributed by atoms with Crippen molar-refractivity contribution in [2.75, 3.05) is 0 Å². The van der Waals surface area contributed by atoms with Gasteiger partial charge in [-0.05, 0) is 12.3 Å². The maximum Gasteiger partial charge on any atom is 0.355 e. The summed E-state index contributed by atoms with van der Waals surface area (Å²) in [5.74, 6) is -0.508. The smallest absolute Gasteiger partial charge is 0.355 e. The zero-order valence-electron chi connectivity index (χ0n) is 8.23. The van der Waals surface area contributed by atoms with E-state index in [1.807, 2.05) is 0 Å². The SMILES string of the molecule is CC(C)C[C@H](N)c1nc(C(=O)O)cs1. The van der Waals surface area contributed by atoms with E-state index in [1.165, 1.54) is 16.7 Å². The van der Waals surface area contributed by atoms with Crippen molar-refractivity contribution < 1.29 is 9.90 Å². The highest BCUT2D eigenvalue weighted by atomic mass is 32.1. The minimum Gasteiger partial charge on any atom is -0.476 e. The van der Waals surface area contributed by atoms with Crippen LogP contribution in [-0.4, -0.2) is 16.1 Å². The van der Waals surface area contributed by atoms with Gasteiger partial charge in [0, 0.05) is 5.38 Å². The number of rotatable bonds is 4. The van der Waals surface area contributed by atoms with Crippen molar-refractivity contribution >= 4 is 17.3 Å². The fraction of sp³-hybridized carbons (Fsp3) is 0.556. The molecule has 0 bridgehead atoms. The van der Waals surface area contributed by atoms with Crippen LogP contribution in [0.5, 0.6) is 0 Å². The first-order valence-electron chi connectivity index (χ1n) is 4.45. The highest BCUT2D eigenvalue weighted by Crippen LogP contribution is 2.22. The monoisotopic (exact) mass is 214 g/mol. The molecule has 0 fully saturated rings. The van der Waals surface area contributed by atoms with Gasteiger partial charge in [-0.3, -0.25) is 0 Å². The number of aromatic carboxylic acids is 1. The predicted molar refractivity (Wildman–Crippen MR) is 55.5 cm³/mol. The molecule has 0 spiro atoms. The van der Waals surface area contributed by atoms with Crippen LogP contribution in [0.1, 0.15) is 41.8 Å². The van der Waals surface area contributed by atoms with Gasteiger partial charge in [-0.25, -0.2) is 9.78 Å². The fourth-order valence-electron chi connectivity index (χ4n) is 1.16. The molecule has 0 saturated carbocycles. The maximum atomic E-state index is 10.6. The molecule has 1 rings (SSSR count). The van der Waals surface area contributed by atoms with E-state index in [9.17, 15) is 4.79 Å². The van der Waals surface area contributed by atoms with Crippen molar-refractivity contribution in [3.8, 4) is 0 Å². The highest BCUT2D eigenvalue weighted by molar-refractivity contribution is 7.09. The molecule has 14 heavy (non-hydrogen) atoms. The number of carboxylic acid groups (broad SMARTS) is 1. The third-order valence-electron chi connectivity index (χ3n) is 1.78. The first-order chi connectivity index (χ1) is 6.50. The minimum absolute atomic E-state index is 0.0872. The van der Waals surface area contributed by atoms with Crippen LogP contribution in [0.4, 0.5) is 0 Å². The Labute approximate surface area is 86.8 Å². The van der Waals surface area contributed by atoms with Crippen LogP contribution in [0.3, 0.4) is 0 Å². The van der Waals surface area contributed by atoms with E-state index in [0.29, 0.717) is 10.9 Å². The lowest BCUT2D eigenvalue weighted by Gasteiger charge is -2.10. The molecule has 78 valence electrons. The van der Waals surface area contributed by atoms with Crippen molar-refractivity contribution in [1.82, 2.24) is 4.98 Å². The van der Waals surface area contributed by atoms with Gasteiger partial charge in [-0.15, -0.1) is 11.3 Å². The molecular formula is C9H14N2O2S. The lowest BCUT2D eigenvalue weighted by molar-refractivity contribution is 0.0691. The normalized spacial score (nSPS) is 13.1. The van der Waals surface area contributed by atoms with Gasteiger partial charge in [0.15, 0.2) is 5.69 Å². The topological polar surface area (TPSA) is 76.2 Å². The number of aromatic nitrogens is 1. The van der Waals surface area contributed by atoms with E-state index in [-0.39, 0.29) is 11.7 Å². The highest BCUT2D eigenvalue weighted by Gasteiger charge is 2.15. The van der Waals surface area contributed by atoms with E-state index in [0.717, 1.165) is 6.42 Å². The molecular weight excluding hydrogens is 200 g/mol. The van der Waals surface area contributed by atoms with Gasteiger partial charge in [-0.1, -0.05) is 13.8 Å². The molecule has 0 amide bonds. The van der Waals surface area contributed by atoms with Gasteiger partial charge >= 0.3 is 5.97 Å². The largest absolute Gasteiger partial charge is 0.476 e. The molecule has 0 aromatic carbocycles. The molecule has 0 aliphatic heterocycles. The summed E-state index contributed by atoms with van der Waals surface area (Å²) >= 11 is 1.31. The Morgan fingerprint density at radius 2 is 2.36 bits per heavy atom. The summed E-state index contributed by atoms with van der Waals surface area (Å²) in [7, 11) is 0. The second-order valence-electron chi connectivity index (χ2n) is 3.61. The van der Waals surface area contributed by atoms with Crippen molar-refractivity contribution in [3.05, 3.63) is 16.1 Å². The Morgan fingerprint density at radius 1 is 1.71 bits per heavy atom. The molecule has 0 radical (unpaired) electrons. The summed E-state index contributed by atoms with van der Waals surface area (Å²) in [6, 6.07) is -0.145. The zero-order chi connectivity index (χ0) is 10.7. The van der Waals surface area contributed by atoms with Gasteiger partial charge in [0.1, 0.15) is 5.01 Å². The van der Waals surface area contributed by atoms with Crippen molar-refractivity contribution in [1.29, 1.82) is 0 Å². The lowest BCUT2D eigenvalue weighted by atomic mass is 10.1. The number of nitrogens with zero attached hydrogens (tertiary/aromatic N) is 1. The molecule has 0 unspecified atom stereocenters. The van der Waals surface area contributed by atoms with Gasteiger partial charge in [0.2, 0.25) is 0 Å². The Hall–Kier alpha value is -0.940. The molecule has 1 heterocycles. The molecule has 0 aliphatic carbocycles. The minimum atomic E-state index is -0.996. The van der Waals surface area contributed by atoms with Gasteiger partial charge in [-0.2, -0.15) is 0 Å².